The number of nitrogens with zero attached hydrogens (tertiary/aromatic N) is 1. The van der Waals surface area contributed by atoms with Crippen molar-refractivity contribution in [3.8, 4) is 6.07 Å². The topological polar surface area (TPSA) is 61.8 Å². The van der Waals surface area contributed by atoms with E-state index in [4.69, 9.17) is 23.2 Å². The zero-order chi connectivity index (χ0) is 14.4. The fourth-order valence-electron chi connectivity index (χ4n) is 1.72. The van der Waals surface area contributed by atoms with Crippen LogP contribution in [-0.2, 0) is 0 Å². The molecule has 3 N–H and O–H groups in total. The molecule has 0 spiro atoms. The Hall–Kier alpha value is -1.93. The molecular formula is C14H16FN3S. The van der Waals surface area contributed by atoms with Crippen molar-refractivity contribution in [3.63, 3.8) is 0 Å². The number of rotatable bonds is 5. The van der Waals surface area contributed by atoms with Crippen LogP contribution in [0.15, 0.2) is 35.5 Å². The zero-order valence-electron chi connectivity index (χ0n) is 10.9. The summed E-state index contributed by atoms with van der Waals surface area (Å²) in [5.41, 5.74) is 7.44. The van der Waals surface area contributed by atoms with Gasteiger partial charge in [0.15, 0.2) is 0 Å². The second-order valence-electron chi connectivity index (χ2n) is 4.10. The Morgan fingerprint density at radius 1 is 1.47 bits per heavy atom. The van der Waals surface area contributed by atoms with Gasteiger partial charge in [0.05, 0.1) is 0 Å². The summed E-state index contributed by atoms with van der Waals surface area (Å²) in [6.07, 6.45) is 0.617. The molecular weight excluding hydrogens is 261 g/mol. The predicted molar refractivity (Wildman–Crippen MR) is 77.7 cm³/mol. The Morgan fingerprint density at radius 2 is 2.05 bits per heavy atom. The molecule has 0 radical (unpaired) electrons. The average Bonchev–Trinajstić information content (AvgIpc) is 2.38. The summed E-state index contributed by atoms with van der Waals surface area (Å²) in [6.45, 7) is 3.84. The average molecular weight is 277 g/mol. The first-order chi connectivity index (χ1) is 8.99. The standard InChI is InChI=1S/C14H16FN3S/c1-3-13(12(8-16)14(17)19)18-9(2)10-4-6-11(15)7-5-10/h4-7,9,18H,3H2,1-2H3,(H2,17,19)/b13-12-. The van der Waals surface area contributed by atoms with E-state index in [0.29, 0.717) is 17.7 Å². The Labute approximate surface area is 117 Å². The van der Waals surface area contributed by atoms with Crippen molar-refractivity contribution in [2.75, 3.05) is 0 Å². The van der Waals surface area contributed by atoms with Gasteiger partial charge in [-0.15, -0.1) is 0 Å². The van der Waals surface area contributed by atoms with Gasteiger partial charge in [0.25, 0.3) is 0 Å². The van der Waals surface area contributed by atoms with Gasteiger partial charge in [0, 0.05) is 11.7 Å². The lowest BCUT2D eigenvalue weighted by molar-refractivity contribution is 0.614. The van der Waals surface area contributed by atoms with Gasteiger partial charge in [-0.25, -0.2) is 4.39 Å². The number of allylic oxidation sites excluding steroid dienone is 1. The fraction of sp³-hybridized carbons (Fsp3) is 0.286. The Balaban J connectivity index is 2.96. The maximum Gasteiger partial charge on any atom is 0.123 e. The largest absolute Gasteiger partial charge is 0.389 e. The van der Waals surface area contributed by atoms with E-state index in [-0.39, 0.29) is 16.8 Å². The highest BCUT2D eigenvalue weighted by Gasteiger charge is 2.12. The zero-order valence-corrected chi connectivity index (χ0v) is 11.7. The summed E-state index contributed by atoms with van der Waals surface area (Å²) in [4.78, 5) is 0.0816. The Morgan fingerprint density at radius 3 is 2.47 bits per heavy atom. The first-order valence-corrected chi connectivity index (χ1v) is 6.35. The highest BCUT2D eigenvalue weighted by molar-refractivity contribution is 7.80. The molecule has 5 heteroatoms. The van der Waals surface area contributed by atoms with E-state index in [1.54, 1.807) is 12.1 Å². The third-order valence-electron chi connectivity index (χ3n) is 2.77. The lowest BCUT2D eigenvalue weighted by Gasteiger charge is -2.18. The minimum atomic E-state index is -0.275. The molecule has 1 aromatic carbocycles. The predicted octanol–water partition coefficient (Wildman–Crippen LogP) is 2.95. The summed E-state index contributed by atoms with van der Waals surface area (Å²) >= 11 is 4.85. The number of nitrogens with two attached hydrogens (primary N) is 1. The van der Waals surface area contributed by atoms with Crippen LogP contribution in [0.2, 0.25) is 0 Å². The molecule has 1 aromatic rings. The van der Waals surface area contributed by atoms with Gasteiger partial charge in [0.1, 0.15) is 22.4 Å². The number of thiocarbonyl (C=S) groups is 1. The van der Waals surface area contributed by atoms with E-state index in [2.05, 4.69) is 5.32 Å². The van der Waals surface area contributed by atoms with Crippen LogP contribution < -0.4 is 11.1 Å². The molecule has 0 heterocycles. The van der Waals surface area contributed by atoms with Crippen LogP contribution in [0.4, 0.5) is 4.39 Å². The second kappa shape index (κ2) is 6.86. The van der Waals surface area contributed by atoms with Crippen LogP contribution in [-0.4, -0.2) is 4.99 Å². The molecule has 3 nitrogen and oxygen atoms in total. The van der Waals surface area contributed by atoms with Gasteiger partial charge in [-0.1, -0.05) is 31.3 Å². The smallest absolute Gasteiger partial charge is 0.123 e. The lowest BCUT2D eigenvalue weighted by Crippen LogP contribution is -2.23. The Kier molecular flexibility index (Phi) is 5.46. The fourth-order valence-corrected chi connectivity index (χ4v) is 1.89. The molecule has 1 unspecified atom stereocenters. The molecule has 0 saturated carbocycles. The molecule has 0 amide bonds. The van der Waals surface area contributed by atoms with E-state index < -0.39 is 0 Å². The molecule has 0 fully saturated rings. The number of hydrogen-bond donors (Lipinski definition) is 2. The number of hydrogen-bond acceptors (Lipinski definition) is 3. The molecule has 19 heavy (non-hydrogen) atoms. The van der Waals surface area contributed by atoms with Gasteiger partial charge in [-0.2, -0.15) is 5.26 Å². The monoisotopic (exact) mass is 277 g/mol. The highest BCUT2D eigenvalue weighted by atomic mass is 32.1. The minimum Gasteiger partial charge on any atom is -0.389 e. The van der Waals surface area contributed by atoms with Crippen LogP contribution >= 0.6 is 12.2 Å². The lowest BCUT2D eigenvalue weighted by atomic mass is 10.1. The van der Waals surface area contributed by atoms with Crippen molar-refractivity contribution in [1.29, 1.82) is 5.26 Å². The van der Waals surface area contributed by atoms with Crippen LogP contribution in [0.5, 0.6) is 0 Å². The molecule has 0 aliphatic heterocycles. The van der Waals surface area contributed by atoms with Gasteiger partial charge in [0.2, 0.25) is 0 Å². The van der Waals surface area contributed by atoms with Crippen molar-refractivity contribution < 1.29 is 4.39 Å². The van der Waals surface area contributed by atoms with Gasteiger partial charge in [-0.05, 0) is 31.0 Å². The van der Waals surface area contributed by atoms with E-state index in [0.717, 1.165) is 5.56 Å². The molecule has 0 aliphatic carbocycles. The molecule has 1 rings (SSSR count). The van der Waals surface area contributed by atoms with Crippen molar-refractivity contribution in [2.45, 2.75) is 26.3 Å². The summed E-state index contributed by atoms with van der Waals surface area (Å²) < 4.78 is 12.9. The van der Waals surface area contributed by atoms with Crippen LogP contribution in [0.3, 0.4) is 0 Å². The quantitative estimate of drug-likeness (QED) is 0.493. The first-order valence-electron chi connectivity index (χ1n) is 5.94. The van der Waals surface area contributed by atoms with Gasteiger partial charge < -0.3 is 11.1 Å². The molecule has 0 saturated heterocycles. The number of nitriles is 1. The number of nitrogens with one attached hydrogen (secondary N) is 1. The van der Waals surface area contributed by atoms with Crippen molar-refractivity contribution in [2.24, 2.45) is 5.73 Å². The molecule has 100 valence electrons. The van der Waals surface area contributed by atoms with Crippen LogP contribution in [0.25, 0.3) is 0 Å². The first kappa shape index (κ1) is 15.1. The minimum absolute atomic E-state index is 0.0618. The molecule has 0 aliphatic rings. The maximum absolute atomic E-state index is 12.9. The maximum atomic E-state index is 12.9. The van der Waals surface area contributed by atoms with E-state index >= 15 is 0 Å². The van der Waals surface area contributed by atoms with Crippen molar-refractivity contribution in [3.05, 3.63) is 46.9 Å². The van der Waals surface area contributed by atoms with E-state index in [1.807, 2.05) is 19.9 Å². The second-order valence-corrected chi connectivity index (χ2v) is 4.54. The van der Waals surface area contributed by atoms with Gasteiger partial charge in [-0.3, -0.25) is 0 Å². The van der Waals surface area contributed by atoms with Crippen LogP contribution in [0, 0.1) is 17.1 Å². The number of benzene rings is 1. The molecule has 0 bridgehead atoms. The van der Waals surface area contributed by atoms with E-state index in [9.17, 15) is 4.39 Å². The summed E-state index contributed by atoms with van der Waals surface area (Å²) in [7, 11) is 0. The summed E-state index contributed by atoms with van der Waals surface area (Å²) in [5, 5.41) is 12.3. The highest BCUT2D eigenvalue weighted by Crippen LogP contribution is 2.17. The SMILES string of the molecule is CC/C(NC(C)c1ccc(F)cc1)=C(\C#N)C(N)=S. The number of halogens is 1. The summed E-state index contributed by atoms with van der Waals surface area (Å²) in [6, 6.07) is 8.16. The van der Waals surface area contributed by atoms with Crippen molar-refractivity contribution in [1.82, 2.24) is 5.32 Å². The van der Waals surface area contributed by atoms with Crippen molar-refractivity contribution >= 4 is 17.2 Å². The van der Waals surface area contributed by atoms with Crippen LogP contribution in [0.1, 0.15) is 31.9 Å². The van der Waals surface area contributed by atoms with Gasteiger partial charge >= 0.3 is 0 Å². The normalized spacial score (nSPS) is 13.2. The third-order valence-corrected chi connectivity index (χ3v) is 2.98. The molecule has 1 atom stereocenters. The third kappa shape index (κ3) is 4.04. The Bertz CT molecular complexity index is 529. The van der Waals surface area contributed by atoms with E-state index in [1.165, 1.54) is 12.1 Å². The summed E-state index contributed by atoms with van der Waals surface area (Å²) in [5.74, 6) is -0.275. The molecule has 0 aromatic heterocycles.